The van der Waals surface area contributed by atoms with Crippen LogP contribution in [0.1, 0.15) is 17.3 Å². The summed E-state index contributed by atoms with van der Waals surface area (Å²) in [6.45, 7) is 4.36. The van der Waals surface area contributed by atoms with Crippen molar-refractivity contribution >= 4 is 35.1 Å². The fourth-order valence-corrected chi connectivity index (χ4v) is 3.97. The number of aromatic nitrogens is 5. The van der Waals surface area contributed by atoms with E-state index in [4.69, 9.17) is 0 Å². The Morgan fingerprint density at radius 2 is 1.97 bits per heavy atom. The summed E-state index contributed by atoms with van der Waals surface area (Å²) >= 11 is 1.33. The van der Waals surface area contributed by atoms with Crippen molar-refractivity contribution in [3.05, 3.63) is 59.9 Å². The first-order chi connectivity index (χ1) is 15.9. The van der Waals surface area contributed by atoms with Crippen LogP contribution in [0, 0.1) is 0 Å². The molecular formula is C22H24BN7O2S. The van der Waals surface area contributed by atoms with E-state index in [1.54, 1.807) is 25.5 Å². The number of thiazole rings is 1. The molecule has 0 unspecified atom stereocenters. The van der Waals surface area contributed by atoms with Gasteiger partial charge in [0.1, 0.15) is 5.69 Å². The molecule has 0 aliphatic carbocycles. The minimum Gasteiger partial charge on any atom is -0.398 e. The third-order valence-corrected chi connectivity index (χ3v) is 6.05. The molecule has 3 aromatic heterocycles. The lowest BCUT2D eigenvalue weighted by molar-refractivity contribution is -0.115. The lowest BCUT2D eigenvalue weighted by atomic mass is 9.62. The number of carbonyl (C=O) groups excluding carboxylic acids is 2. The Balaban J connectivity index is 1.34. The zero-order valence-electron chi connectivity index (χ0n) is 18.6. The summed E-state index contributed by atoms with van der Waals surface area (Å²) in [6, 6.07) is 9.58. The summed E-state index contributed by atoms with van der Waals surface area (Å²) in [4.78, 5) is 30.7. The van der Waals surface area contributed by atoms with Crippen LogP contribution in [-0.4, -0.2) is 49.7 Å². The van der Waals surface area contributed by atoms with E-state index in [2.05, 4.69) is 39.6 Å². The molecule has 9 nitrogen and oxygen atoms in total. The van der Waals surface area contributed by atoms with Crippen LogP contribution in [0.2, 0.25) is 13.1 Å². The first-order valence-corrected chi connectivity index (χ1v) is 11.5. The number of carbonyl (C=O) groups is 2. The summed E-state index contributed by atoms with van der Waals surface area (Å²) in [5.41, 5.74) is 3.90. The molecule has 2 amide bonds. The molecule has 0 radical (unpaired) electrons. The normalized spacial score (nSPS) is 10.8. The SMILES string of the molecule is CCB(C)n1ccc(C(=O)NCC(=O)Nc2nc(-c3cccc(-c4cnn(C)n4)c3)cs2)c1. The van der Waals surface area contributed by atoms with Crippen LogP contribution in [0.25, 0.3) is 22.5 Å². The average molecular weight is 461 g/mol. The molecule has 0 spiro atoms. The van der Waals surface area contributed by atoms with Gasteiger partial charge in [0.2, 0.25) is 5.91 Å². The zero-order valence-corrected chi connectivity index (χ0v) is 19.5. The standard InChI is InChI=1S/C22H24BN7O2S/c1-4-23(2)30-9-8-17(13-30)21(32)24-12-20(31)27-22-26-19(14-33-22)16-7-5-6-15(10-16)18-11-25-29(3)28-18/h5-11,13-14H,4,12H2,1-3H3,(H,24,32)(H,26,27,31). The quantitative estimate of drug-likeness (QED) is 0.392. The maximum absolute atomic E-state index is 12.3. The van der Waals surface area contributed by atoms with Crippen molar-refractivity contribution in [1.82, 2.24) is 29.8 Å². The predicted octanol–water partition coefficient (Wildman–Crippen LogP) is 3.26. The van der Waals surface area contributed by atoms with E-state index in [0.29, 0.717) is 17.5 Å². The number of amides is 2. The molecule has 11 heteroatoms. The smallest absolute Gasteiger partial charge is 0.255 e. The number of hydrogen-bond donors (Lipinski definition) is 2. The van der Waals surface area contributed by atoms with Gasteiger partial charge in [-0.25, -0.2) is 4.98 Å². The molecule has 4 rings (SSSR count). The maximum Gasteiger partial charge on any atom is 0.255 e. The fourth-order valence-electron chi connectivity index (χ4n) is 3.24. The summed E-state index contributed by atoms with van der Waals surface area (Å²) in [5.74, 6) is -0.619. The number of nitrogens with zero attached hydrogens (tertiary/aromatic N) is 5. The molecule has 0 fully saturated rings. The van der Waals surface area contributed by atoms with Crippen molar-refractivity contribution in [1.29, 1.82) is 0 Å². The van der Waals surface area contributed by atoms with Gasteiger partial charge in [-0.15, -0.1) is 11.3 Å². The number of benzene rings is 1. The van der Waals surface area contributed by atoms with E-state index in [-0.39, 0.29) is 18.4 Å². The van der Waals surface area contributed by atoms with Crippen LogP contribution in [-0.2, 0) is 11.8 Å². The average Bonchev–Trinajstić information content (AvgIpc) is 3.58. The number of rotatable bonds is 8. The van der Waals surface area contributed by atoms with Gasteiger partial charge in [0.25, 0.3) is 12.8 Å². The topological polar surface area (TPSA) is 107 Å². The van der Waals surface area contributed by atoms with Crippen molar-refractivity contribution in [2.24, 2.45) is 7.05 Å². The van der Waals surface area contributed by atoms with Gasteiger partial charge in [0.15, 0.2) is 5.13 Å². The lowest BCUT2D eigenvalue weighted by Crippen LogP contribution is -2.32. The number of anilines is 1. The van der Waals surface area contributed by atoms with Gasteiger partial charge in [-0.2, -0.15) is 15.0 Å². The highest BCUT2D eigenvalue weighted by atomic mass is 32.1. The van der Waals surface area contributed by atoms with Gasteiger partial charge in [-0.3, -0.25) is 9.59 Å². The minimum atomic E-state index is -0.334. The van der Waals surface area contributed by atoms with E-state index >= 15 is 0 Å². The molecule has 33 heavy (non-hydrogen) atoms. The second-order valence-electron chi connectivity index (χ2n) is 7.67. The molecule has 0 aliphatic heterocycles. The van der Waals surface area contributed by atoms with Gasteiger partial charge in [-0.05, 0) is 18.3 Å². The molecule has 0 saturated heterocycles. The van der Waals surface area contributed by atoms with Crippen LogP contribution in [0.5, 0.6) is 0 Å². The largest absolute Gasteiger partial charge is 0.398 e. The third kappa shape index (κ3) is 5.37. The minimum absolute atomic E-state index is 0.135. The summed E-state index contributed by atoms with van der Waals surface area (Å²) in [6.07, 6.45) is 6.35. The number of aryl methyl sites for hydroxylation is 1. The van der Waals surface area contributed by atoms with Gasteiger partial charge >= 0.3 is 0 Å². The Labute approximate surface area is 195 Å². The lowest BCUT2D eigenvalue weighted by Gasteiger charge is -2.06. The van der Waals surface area contributed by atoms with Gasteiger partial charge < -0.3 is 15.1 Å². The van der Waals surface area contributed by atoms with Gasteiger partial charge in [0, 0.05) is 29.8 Å². The van der Waals surface area contributed by atoms with E-state index in [1.165, 1.54) is 16.1 Å². The molecule has 2 N–H and O–H groups in total. The molecule has 0 aliphatic rings. The van der Waals surface area contributed by atoms with Crippen LogP contribution >= 0.6 is 11.3 Å². The first kappa shape index (κ1) is 22.5. The van der Waals surface area contributed by atoms with E-state index in [1.807, 2.05) is 40.3 Å². The van der Waals surface area contributed by atoms with Crippen molar-refractivity contribution in [2.75, 3.05) is 11.9 Å². The Bertz CT molecular complexity index is 1280. The molecule has 3 heterocycles. The van der Waals surface area contributed by atoms with Gasteiger partial charge in [0.05, 0.1) is 24.0 Å². The van der Waals surface area contributed by atoms with E-state index < -0.39 is 0 Å². The van der Waals surface area contributed by atoms with E-state index in [0.717, 1.165) is 28.8 Å². The molecule has 4 aromatic rings. The van der Waals surface area contributed by atoms with Gasteiger partial charge in [-0.1, -0.05) is 38.3 Å². The third-order valence-electron chi connectivity index (χ3n) is 5.29. The van der Waals surface area contributed by atoms with Crippen LogP contribution in [0.3, 0.4) is 0 Å². The Kier molecular flexibility index (Phi) is 6.69. The highest BCUT2D eigenvalue weighted by Gasteiger charge is 2.14. The maximum atomic E-state index is 12.3. The highest BCUT2D eigenvalue weighted by molar-refractivity contribution is 7.14. The number of hydrogen-bond acceptors (Lipinski definition) is 6. The summed E-state index contributed by atoms with van der Waals surface area (Å²) in [7, 11) is 1.77. The Hall–Kier alpha value is -3.73. The molecule has 1 aromatic carbocycles. The van der Waals surface area contributed by atoms with Crippen molar-refractivity contribution in [3.8, 4) is 22.5 Å². The highest BCUT2D eigenvalue weighted by Crippen LogP contribution is 2.28. The number of nitrogens with one attached hydrogen (secondary N) is 2. The monoisotopic (exact) mass is 461 g/mol. The first-order valence-electron chi connectivity index (χ1n) is 10.6. The van der Waals surface area contributed by atoms with Crippen LogP contribution < -0.4 is 10.6 Å². The van der Waals surface area contributed by atoms with Crippen molar-refractivity contribution < 1.29 is 9.59 Å². The Morgan fingerprint density at radius 1 is 1.18 bits per heavy atom. The Morgan fingerprint density at radius 3 is 2.70 bits per heavy atom. The zero-order chi connectivity index (χ0) is 23.4. The van der Waals surface area contributed by atoms with Crippen LogP contribution in [0.15, 0.2) is 54.3 Å². The molecular weight excluding hydrogens is 437 g/mol. The van der Waals surface area contributed by atoms with Crippen molar-refractivity contribution in [3.63, 3.8) is 0 Å². The second kappa shape index (κ2) is 9.82. The fraction of sp³-hybridized carbons (Fsp3) is 0.227. The van der Waals surface area contributed by atoms with E-state index in [9.17, 15) is 9.59 Å². The van der Waals surface area contributed by atoms with Crippen molar-refractivity contribution in [2.45, 2.75) is 20.1 Å². The summed E-state index contributed by atoms with van der Waals surface area (Å²) < 4.78 is 1.99. The predicted molar refractivity (Wildman–Crippen MR) is 130 cm³/mol. The molecule has 168 valence electrons. The molecule has 0 atom stereocenters. The second-order valence-corrected chi connectivity index (χ2v) is 8.53. The molecule has 0 bridgehead atoms. The van der Waals surface area contributed by atoms with Crippen LogP contribution in [0.4, 0.5) is 5.13 Å². The summed E-state index contributed by atoms with van der Waals surface area (Å²) in [5, 5.41) is 16.2. The molecule has 0 saturated carbocycles.